The number of halogens is 1. The van der Waals surface area contributed by atoms with Crippen LogP contribution < -0.4 is 4.72 Å². The Balaban J connectivity index is 2.35. The summed E-state index contributed by atoms with van der Waals surface area (Å²) in [5.74, 6) is 0.309. The van der Waals surface area contributed by atoms with Crippen molar-refractivity contribution < 1.29 is 8.42 Å². The van der Waals surface area contributed by atoms with Crippen molar-refractivity contribution in [1.29, 1.82) is 0 Å². The van der Waals surface area contributed by atoms with Gasteiger partial charge in [-0.1, -0.05) is 32.0 Å². The normalized spacial score (nSPS) is 13.2. The van der Waals surface area contributed by atoms with Crippen molar-refractivity contribution in [2.24, 2.45) is 0 Å². The Bertz CT molecular complexity index is 695. The maximum Gasteiger partial charge on any atom is 0.271 e. The van der Waals surface area contributed by atoms with Crippen LogP contribution in [0.25, 0.3) is 0 Å². The standard InChI is InChI=1S/C14H16BrNO2S2/c1-3-10(2)11-6-4-5-7-12(11)16-20(17,18)14-9-8-13(15)19-14/h4-10,16H,3H2,1-2H3. The molecule has 0 radical (unpaired) electrons. The fourth-order valence-electron chi connectivity index (χ4n) is 1.88. The van der Waals surface area contributed by atoms with Crippen molar-refractivity contribution in [2.75, 3.05) is 4.72 Å². The van der Waals surface area contributed by atoms with E-state index in [4.69, 9.17) is 0 Å². The first kappa shape index (κ1) is 15.5. The Labute approximate surface area is 132 Å². The second kappa shape index (κ2) is 6.28. The highest BCUT2D eigenvalue weighted by atomic mass is 79.9. The minimum absolute atomic E-state index is 0.309. The van der Waals surface area contributed by atoms with Gasteiger partial charge >= 0.3 is 0 Å². The number of hydrogen-bond donors (Lipinski definition) is 1. The van der Waals surface area contributed by atoms with E-state index in [1.54, 1.807) is 12.1 Å². The van der Waals surface area contributed by atoms with Gasteiger partial charge in [-0.3, -0.25) is 4.72 Å². The molecule has 3 nitrogen and oxygen atoms in total. The number of benzene rings is 1. The summed E-state index contributed by atoms with van der Waals surface area (Å²) in [5.41, 5.74) is 1.68. The van der Waals surface area contributed by atoms with Crippen LogP contribution in [-0.4, -0.2) is 8.42 Å². The Morgan fingerprint density at radius 1 is 1.25 bits per heavy atom. The van der Waals surface area contributed by atoms with E-state index in [0.717, 1.165) is 15.8 Å². The van der Waals surface area contributed by atoms with E-state index in [0.29, 0.717) is 15.8 Å². The molecule has 1 heterocycles. The Hall–Kier alpha value is -0.850. The average Bonchev–Trinajstić information content (AvgIpc) is 2.86. The number of anilines is 1. The topological polar surface area (TPSA) is 46.2 Å². The lowest BCUT2D eigenvalue weighted by Gasteiger charge is -2.15. The molecule has 2 aromatic rings. The molecular formula is C14H16BrNO2S2. The molecule has 6 heteroatoms. The molecule has 1 atom stereocenters. The average molecular weight is 374 g/mol. The van der Waals surface area contributed by atoms with Crippen molar-refractivity contribution in [3.05, 3.63) is 45.7 Å². The van der Waals surface area contributed by atoms with E-state index in [2.05, 4.69) is 34.5 Å². The molecule has 1 aromatic heterocycles. The summed E-state index contributed by atoms with van der Waals surface area (Å²) in [6, 6.07) is 10.9. The molecule has 108 valence electrons. The van der Waals surface area contributed by atoms with E-state index >= 15 is 0 Å². The maximum atomic E-state index is 12.4. The van der Waals surface area contributed by atoms with Crippen molar-refractivity contribution in [1.82, 2.24) is 0 Å². The molecule has 0 saturated heterocycles. The SMILES string of the molecule is CCC(C)c1ccccc1NS(=O)(=O)c1ccc(Br)s1. The lowest BCUT2D eigenvalue weighted by atomic mass is 9.97. The number of thiophene rings is 1. The zero-order valence-corrected chi connectivity index (χ0v) is 14.5. The molecule has 0 bridgehead atoms. The molecule has 1 unspecified atom stereocenters. The molecule has 1 N–H and O–H groups in total. The van der Waals surface area contributed by atoms with Crippen molar-refractivity contribution in [3.8, 4) is 0 Å². The van der Waals surface area contributed by atoms with Gasteiger partial charge in [-0.05, 0) is 52.0 Å². The molecule has 0 fully saturated rings. The highest BCUT2D eigenvalue weighted by Gasteiger charge is 2.19. The van der Waals surface area contributed by atoms with E-state index in [9.17, 15) is 8.42 Å². The fraction of sp³-hybridized carbons (Fsp3) is 0.286. The van der Waals surface area contributed by atoms with Crippen LogP contribution in [0.1, 0.15) is 31.7 Å². The molecule has 1 aromatic carbocycles. The Kier molecular flexibility index (Phi) is 4.88. The molecule has 20 heavy (non-hydrogen) atoms. The van der Waals surface area contributed by atoms with Gasteiger partial charge in [-0.15, -0.1) is 11.3 Å². The molecular weight excluding hydrogens is 358 g/mol. The minimum Gasteiger partial charge on any atom is -0.279 e. The summed E-state index contributed by atoms with van der Waals surface area (Å²) < 4.78 is 28.5. The van der Waals surface area contributed by atoms with Crippen LogP contribution in [0.15, 0.2) is 44.4 Å². The molecule has 0 saturated carbocycles. The van der Waals surface area contributed by atoms with Gasteiger partial charge in [0.1, 0.15) is 4.21 Å². The summed E-state index contributed by atoms with van der Waals surface area (Å²) in [6.45, 7) is 4.18. The predicted molar refractivity (Wildman–Crippen MR) is 88.0 cm³/mol. The number of hydrogen-bond acceptors (Lipinski definition) is 3. The first-order valence-corrected chi connectivity index (χ1v) is 9.40. The van der Waals surface area contributed by atoms with Crippen molar-refractivity contribution >= 4 is 43.0 Å². The van der Waals surface area contributed by atoms with Crippen LogP contribution >= 0.6 is 27.3 Å². The molecule has 0 amide bonds. The van der Waals surface area contributed by atoms with Crippen LogP contribution in [0.4, 0.5) is 5.69 Å². The monoisotopic (exact) mass is 373 g/mol. The Morgan fingerprint density at radius 3 is 2.55 bits per heavy atom. The summed E-state index contributed by atoms with van der Waals surface area (Å²) in [6.07, 6.45) is 0.962. The number of nitrogens with one attached hydrogen (secondary N) is 1. The van der Waals surface area contributed by atoms with Crippen LogP contribution in [0, 0.1) is 0 Å². The van der Waals surface area contributed by atoms with E-state index in [1.165, 1.54) is 11.3 Å². The van der Waals surface area contributed by atoms with Gasteiger partial charge in [-0.25, -0.2) is 8.42 Å². The second-order valence-corrected chi connectivity index (χ2v) is 8.93. The van der Waals surface area contributed by atoms with Gasteiger partial charge in [0.05, 0.1) is 9.47 Å². The van der Waals surface area contributed by atoms with Crippen LogP contribution in [0.3, 0.4) is 0 Å². The van der Waals surface area contributed by atoms with E-state index in [-0.39, 0.29) is 0 Å². The van der Waals surface area contributed by atoms with Crippen LogP contribution in [-0.2, 0) is 10.0 Å². The quantitative estimate of drug-likeness (QED) is 0.815. The van der Waals surface area contributed by atoms with Crippen molar-refractivity contribution in [2.45, 2.75) is 30.4 Å². The minimum atomic E-state index is -3.52. The van der Waals surface area contributed by atoms with Gasteiger partial charge < -0.3 is 0 Å². The molecule has 0 aliphatic carbocycles. The number of para-hydroxylation sites is 1. The summed E-state index contributed by atoms with van der Waals surface area (Å²) in [7, 11) is -3.52. The van der Waals surface area contributed by atoms with E-state index < -0.39 is 10.0 Å². The lowest BCUT2D eigenvalue weighted by molar-refractivity contribution is 0.603. The zero-order valence-electron chi connectivity index (χ0n) is 11.3. The third-order valence-electron chi connectivity index (χ3n) is 3.16. The third kappa shape index (κ3) is 3.42. The summed E-state index contributed by atoms with van der Waals surface area (Å²) in [4.78, 5) is 0. The fourth-order valence-corrected chi connectivity index (χ4v) is 4.97. The largest absolute Gasteiger partial charge is 0.279 e. The summed E-state index contributed by atoms with van der Waals surface area (Å²) in [5, 5.41) is 0. The Morgan fingerprint density at radius 2 is 1.95 bits per heavy atom. The molecule has 2 rings (SSSR count). The lowest BCUT2D eigenvalue weighted by Crippen LogP contribution is -2.13. The zero-order chi connectivity index (χ0) is 14.8. The maximum absolute atomic E-state index is 12.4. The molecule has 0 spiro atoms. The van der Waals surface area contributed by atoms with Crippen LogP contribution in [0.5, 0.6) is 0 Å². The first-order valence-electron chi connectivity index (χ1n) is 6.31. The molecule has 0 aliphatic rings. The van der Waals surface area contributed by atoms with Gasteiger partial charge in [0.25, 0.3) is 10.0 Å². The predicted octanol–water partition coefficient (Wildman–Crippen LogP) is 4.82. The molecule has 0 aliphatic heterocycles. The second-order valence-electron chi connectivity index (χ2n) is 4.56. The number of rotatable bonds is 5. The van der Waals surface area contributed by atoms with Crippen LogP contribution in [0.2, 0.25) is 0 Å². The smallest absolute Gasteiger partial charge is 0.271 e. The van der Waals surface area contributed by atoms with Gasteiger partial charge in [0.2, 0.25) is 0 Å². The van der Waals surface area contributed by atoms with Gasteiger partial charge in [0.15, 0.2) is 0 Å². The van der Waals surface area contributed by atoms with Gasteiger partial charge in [-0.2, -0.15) is 0 Å². The summed E-state index contributed by atoms with van der Waals surface area (Å²) >= 11 is 4.49. The number of sulfonamides is 1. The highest BCUT2D eigenvalue weighted by Crippen LogP contribution is 2.31. The van der Waals surface area contributed by atoms with E-state index in [1.807, 2.05) is 24.3 Å². The first-order chi connectivity index (χ1) is 9.44. The van der Waals surface area contributed by atoms with Crippen molar-refractivity contribution in [3.63, 3.8) is 0 Å². The third-order valence-corrected chi connectivity index (χ3v) is 6.64. The highest BCUT2D eigenvalue weighted by molar-refractivity contribution is 9.11. The van der Waals surface area contributed by atoms with Gasteiger partial charge in [0, 0.05) is 0 Å².